The van der Waals surface area contributed by atoms with Crippen molar-refractivity contribution in [1.82, 2.24) is 15.3 Å². The van der Waals surface area contributed by atoms with Crippen molar-refractivity contribution in [1.29, 1.82) is 5.26 Å². The topological polar surface area (TPSA) is 148 Å². The molecule has 1 aliphatic rings. The van der Waals surface area contributed by atoms with Crippen LogP contribution in [-0.2, 0) is 4.74 Å². The van der Waals surface area contributed by atoms with Gasteiger partial charge in [-0.15, -0.1) is 0 Å². The molecule has 0 atom stereocenters. The summed E-state index contributed by atoms with van der Waals surface area (Å²) < 4.78 is 22.4. The van der Waals surface area contributed by atoms with Gasteiger partial charge in [-0.05, 0) is 36.4 Å². The molecule has 37 heavy (non-hydrogen) atoms. The Morgan fingerprint density at radius 1 is 1.16 bits per heavy atom. The molecule has 1 fully saturated rings. The van der Waals surface area contributed by atoms with Crippen molar-refractivity contribution in [3.05, 3.63) is 54.2 Å². The third-order valence-electron chi connectivity index (χ3n) is 5.57. The highest BCUT2D eigenvalue weighted by Crippen LogP contribution is 2.32. The Hall–Kier alpha value is -4.56. The van der Waals surface area contributed by atoms with E-state index in [1.165, 1.54) is 7.11 Å². The molecule has 0 saturated carbocycles. The molecule has 3 aromatic rings. The average Bonchev–Trinajstić information content (AvgIpc) is 2.92. The molecule has 0 bridgehead atoms. The predicted molar refractivity (Wildman–Crippen MR) is 134 cm³/mol. The Balaban J connectivity index is 1.45. The van der Waals surface area contributed by atoms with Gasteiger partial charge in [0.15, 0.2) is 11.5 Å². The van der Waals surface area contributed by atoms with Gasteiger partial charge in [-0.3, -0.25) is 0 Å². The molecule has 0 unspecified atom stereocenters. The molecule has 0 aliphatic carbocycles. The fourth-order valence-corrected chi connectivity index (χ4v) is 3.75. The van der Waals surface area contributed by atoms with E-state index in [9.17, 15) is 10.1 Å². The second kappa shape index (κ2) is 12.4. The van der Waals surface area contributed by atoms with E-state index in [2.05, 4.69) is 26.7 Å². The van der Waals surface area contributed by atoms with Gasteiger partial charge < -0.3 is 34.7 Å². The van der Waals surface area contributed by atoms with Crippen LogP contribution in [0.15, 0.2) is 48.7 Å². The summed E-state index contributed by atoms with van der Waals surface area (Å²) in [5.41, 5.74) is 2.51. The van der Waals surface area contributed by atoms with Gasteiger partial charge in [-0.2, -0.15) is 5.26 Å². The summed E-state index contributed by atoms with van der Waals surface area (Å²) in [5.74, 6) is 1.86. The minimum absolute atomic E-state index is 0.0386. The van der Waals surface area contributed by atoms with Gasteiger partial charge in [-0.25, -0.2) is 14.8 Å². The standard InChI is InChI=1S/C26H27N5O6/c1-34-24-15-19(3-5-23(24)36-13-10-29-26(32)33)30-25-28-9-6-21(31-25)17-2-4-22(18(14-17)16-27)37-20-7-11-35-12-8-20/h2-6,9,14-15,20,29H,7-8,10-13H2,1H3,(H,32,33)(H,28,30,31). The fourth-order valence-electron chi connectivity index (χ4n) is 3.75. The van der Waals surface area contributed by atoms with Crippen LogP contribution in [0.4, 0.5) is 16.4 Å². The second-order valence-electron chi connectivity index (χ2n) is 8.09. The highest BCUT2D eigenvalue weighted by molar-refractivity contribution is 5.66. The number of nitrogens with zero attached hydrogens (tertiary/aromatic N) is 3. The van der Waals surface area contributed by atoms with Crippen LogP contribution in [0.2, 0.25) is 0 Å². The summed E-state index contributed by atoms with van der Waals surface area (Å²) >= 11 is 0. The molecule has 11 heteroatoms. The van der Waals surface area contributed by atoms with Gasteiger partial charge in [0.1, 0.15) is 24.5 Å². The molecular weight excluding hydrogens is 478 g/mol. The number of anilines is 2. The summed E-state index contributed by atoms with van der Waals surface area (Å²) in [6.07, 6.45) is 2.16. The van der Waals surface area contributed by atoms with E-state index in [1.807, 2.05) is 6.07 Å². The molecule has 0 spiro atoms. The summed E-state index contributed by atoms with van der Waals surface area (Å²) in [6, 6.07) is 14.6. The molecule has 3 N–H and O–H groups in total. The van der Waals surface area contributed by atoms with Gasteiger partial charge in [0, 0.05) is 36.4 Å². The van der Waals surface area contributed by atoms with Gasteiger partial charge in [0.25, 0.3) is 0 Å². The molecule has 2 heterocycles. The van der Waals surface area contributed by atoms with Crippen LogP contribution < -0.4 is 24.8 Å². The highest BCUT2D eigenvalue weighted by atomic mass is 16.5. The Labute approximate surface area is 214 Å². The van der Waals surface area contributed by atoms with Crippen molar-refractivity contribution in [3.8, 4) is 34.6 Å². The smallest absolute Gasteiger partial charge is 0.404 e. The molecular formula is C26H27N5O6. The van der Waals surface area contributed by atoms with Crippen molar-refractivity contribution < 1.29 is 28.8 Å². The molecule has 1 saturated heterocycles. The maximum Gasteiger partial charge on any atom is 0.404 e. The number of amides is 1. The van der Waals surface area contributed by atoms with Crippen LogP contribution in [-0.4, -0.2) is 60.7 Å². The Morgan fingerprint density at radius 3 is 2.73 bits per heavy atom. The monoisotopic (exact) mass is 505 g/mol. The van der Waals surface area contributed by atoms with Crippen LogP contribution in [0, 0.1) is 11.3 Å². The highest BCUT2D eigenvalue weighted by Gasteiger charge is 2.18. The zero-order chi connectivity index (χ0) is 26.0. The Kier molecular flexibility index (Phi) is 8.57. The lowest BCUT2D eigenvalue weighted by Crippen LogP contribution is -2.26. The molecule has 1 aliphatic heterocycles. The normalized spacial score (nSPS) is 13.3. The number of carboxylic acid groups (broad SMARTS) is 1. The maximum absolute atomic E-state index is 10.6. The maximum atomic E-state index is 10.6. The number of rotatable bonds is 10. The average molecular weight is 506 g/mol. The number of carbonyl (C=O) groups is 1. The van der Waals surface area contributed by atoms with E-state index in [-0.39, 0.29) is 19.3 Å². The molecule has 11 nitrogen and oxygen atoms in total. The van der Waals surface area contributed by atoms with Crippen molar-refractivity contribution in [2.75, 3.05) is 38.8 Å². The third-order valence-corrected chi connectivity index (χ3v) is 5.57. The molecule has 4 rings (SSSR count). The van der Waals surface area contributed by atoms with Crippen molar-refractivity contribution in [2.24, 2.45) is 0 Å². The Bertz CT molecular complexity index is 1270. The lowest BCUT2D eigenvalue weighted by molar-refractivity contribution is 0.0254. The summed E-state index contributed by atoms with van der Waals surface area (Å²) in [6.45, 7) is 1.62. The quantitative estimate of drug-likeness (QED) is 0.346. The van der Waals surface area contributed by atoms with E-state index in [4.69, 9.17) is 24.1 Å². The first-order valence-electron chi connectivity index (χ1n) is 11.7. The van der Waals surface area contributed by atoms with Crippen LogP contribution in [0.25, 0.3) is 11.3 Å². The summed E-state index contributed by atoms with van der Waals surface area (Å²) in [7, 11) is 1.51. The van der Waals surface area contributed by atoms with E-state index < -0.39 is 6.09 Å². The largest absolute Gasteiger partial charge is 0.493 e. The SMILES string of the molecule is COc1cc(Nc2nccc(-c3ccc(OC4CCOCC4)c(C#N)c3)n2)ccc1OCCNC(=O)O. The lowest BCUT2D eigenvalue weighted by atomic mass is 10.1. The first-order valence-corrected chi connectivity index (χ1v) is 11.7. The number of aromatic nitrogens is 2. The zero-order valence-electron chi connectivity index (χ0n) is 20.3. The van der Waals surface area contributed by atoms with E-state index in [1.54, 1.807) is 42.6 Å². The van der Waals surface area contributed by atoms with Crippen LogP contribution in [0.3, 0.4) is 0 Å². The fraction of sp³-hybridized carbons (Fsp3) is 0.308. The Morgan fingerprint density at radius 2 is 1.97 bits per heavy atom. The predicted octanol–water partition coefficient (Wildman–Crippen LogP) is 3.97. The number of benzene rings is 2. The van der Waals surface area contributed by atoms with Crippen molar-refractivity contribution >= 4 is 17.7 Å². The molecule has 192 valence electrons. The van der Waals surface area contributed by atoms with E-state index >= 15 is 0 Å². The molecule has 2 aromatic carbocycles. The van der Waals surface area contributed by atoms with Crippen LogP contribution in [0.1, 0.15) is 18.4 Å². The van der Waals surface area contributed by atoms with Crippen molar-refractivity contribution in [3.63, 3.8) is 0 Å². The molecule has 1 amide bonds. The van der Waals surface area contributed by atoms with Gasteiger partial charge >= 0.3 is 6.09 Å². The summed E-state index contributed by atoms with van der Waals surface area (Å²) in [5, 5.41) is 23.7. The number of methoxy groups -OCH3 is 1. The zero-order valence-corrected chi connectivity index (χ0v) is 20.3. The molecule has 0 radical (unpaired) electrons. The summed E-state index contributed by atoms with van der Waals surface area (Å²) in [4.78, 5) is 19.4. The van der Waals surface area contributed by atoms with E-state index in [0.29, 0.717) is 53.4 Å². The van der Waals surface area contributed by atoms with Gasteiger partial charge in [0.2, 0.25) is 5.95 Å². The van der Waals surface area contributed by atoms with Crippen LogP contribution in [0.5, 0.6) is 17.2 Å². The number of hydrogen-bond donors (Lipinski definition) is 3. The number of hydrogen-bond acceptors (Lipinski definition) is 9. The van der Waals surface area contributed by atoms with Gasteiger partial charge in [-0.1, -0.05) is 0 Å². The molecule has 1 aromatic heterocycles. The third kappa shape index (κ3) is 6.99. The second-order valence-corrected chi connectivity index (χ2v) is 8.09. The number of ether oxygens (including phenoxy) is 4. The van der Waals surface area contributed by atoms with Crippen LogP contribution >= 0.6 is 0 Å². The van der Waals surface area contributed by atoms with E-state index in [0.717, 1.165) is 18.4 Å². The van der Waals surface area contributed by atoms with Gasteiger partial charge in [0.05, 0.1) is 38.1 Å². The number of nitriles is 1. The number of nitrogens with one attached hydrogen (secondary N) is 2. The lowest BCUT2D eigenvalue weighted by Gasteiger charge is -2.23. The minimum atomic E-state index is -1.11. The van der Waals surface area contributed by atoms with Crippen molar-refractivity contribution in [2.45, 2.75) is 18.9 Å². The minimum Gasteiger partial charge on any atom is -0.493 e. The first kappa shape index (κ1) is 25.5. The first-order chi connectivity index (χ1) is 18.1.